The van der Waals surface area contributed by atoms with Crippen LogP contribution in [-0.4, -0.2) is 10.1 Å². The first kappa shape index (κ1) is 12.8. The molecular formula is C17H14FNO. The van der Waals surface area contributed by atoms with Gasteiger partial charge in [-0.25, -0.2) is 4.39 Å². The molecular weight excluding hydrogens is 253 g/mol. The van der Waals surface area contributed by atoms with Gasteiger partial charge in [-0.05, 0) is 28.6 Å². The maximum Gasteiger partial charge on any atom is 0.131 e. The van der Waals surface area contributed by atoms with E-state index in [9.17, 15) is 9.50 Å². The summed E-state index contributed by atoms with van der Waals surface area (Å²) in [4.78, 5) is 4.04. The monoisotopic (exact) mass is 267 g/mol. The summed E-state index contributed by atoms with van der Waals surface area (Å²) in [5.74, 6) is -0.266. The SMILES string of the molecule is OC(Cc1cccnc1)c1ccc(F)c2ccccc12. The Labute approximate surface area is 116 Å². The van der Waals surface area contributed by atoms with Crippen LogP contribution in [0.5, 0.6) is 0 Å². The van der Waals surface area contributed by atoms with Gasteiger partial charge >= 0.3 is 0 Å². The molecule has 3 heteroatoms. The zero-order chi connectivity index (χ0) is 13.9. The van der Waals surface area contributed by atoms with E-state index < -0.39 is 6.10 Å². The summed E-state index contributed by atoms with van der Waals surface area (Å²) in [6.45, 7) is 0. The number of fused-ring (bicyclic) bond motifs is 1. The molecule has 1 heterocycles. The van der Waals surface area contributed by atoms with Crippen LogP contribution < -0.4 is 0 Å². The number of aliphatic hydroxyl groups is 1. The molecule has 0 aliphatic heterocycles. The number of nitrogens with zero attached hydrogens (tertiary/aromatic N) is 1. The normalized spacial score (nSPS) is 12.5. The molecule has 1 N–H and O–H groups in total. The molecule has 0 fully saturated rings. The van der Waals surface area contributed by atoms with Crippen molar-refractivity contribution in [3.05, 3.63) is 77.9 Å². The zero-order valence-corrected chi connectivity index (χ0v) is 10.8. The second-order valence-corrected chi connectivity index (χ2v) is 4.76. The Morgan fingerprint density at radius 1 is 1.00 bits per heavy atom. The van der Waals surface area contributed by atoms with Crippen molar-refractivity contribution in [1.82, 2.24) is 4.98 Å². The molecule has 0 aliphatic carbocycles. The molecule has 0 amide bonds. The van der Waals surface area contributed by atoms with Crippen LogP contribution in [0.4, 0.5) is 4.39 Å². The number of aliphatic hydroxyl groups excluding tert-OH is 1. The van der Waals surface area contributed by atoms with Crippen molar-refractivity contribution in [1.29, 1.82) is 0 Å². The van der Waals surface area contributed by atoms with E-state index in [-0.39, 0.29) is 5.82 Å². The Hall–Kier alpha value is -2.26. The van der Waals surface area contributed by atoms with Crippen molar-refractivity contribution in [2.75, 3.05) is 0 Å². The highest BCUT2D eigenvalue weighted by Gasteiger charge is 2.13. The molecule has 0 aliphatic rings. The van der Waals surface area contributed by atoms with Gasteiger partial charge in [0.2, 0.25) is 0 Å². The van der Waals surface area contributed by atoms with Gasteiger partial charge in [0.1, 0.15) is 5.82 Å². The predicted octanol–water partition coefficient (Wildman–Crippen LogP) is 3.65. The fourth-order valence-corrected chi connectivity index (χ4v) is 2.43. The van der Waals surface area contributed by atoms with Gasteiger partial charge in [-0.15, -0.1) is 0 Å². The van der Waals surface area contributed by atoms with E-state index in [1.807, 2.05) is 24.3 Å². The highest BCUT2D eigenvalue weighted by Crippen LogP contribution is 2.28. The fraction of sp³-hybridized carbons (Fsp3) is 0.118. The Bertz CT molecular complexity index is 727. The summed E-state index contributed by atoms with van der Waals surface area (Å²) in [5, 5.41) is 11.7. The lowest BCUT2D eigenvalue weighted by Gasteiger charge is -2.14. The molecule has 2 aromatic carbocycles. The highest BCUT2D eigenvalue weighted by atomic mass is 19.1. The van der Waals surface area contributed by atoms with Gasteiger partial charge in [-0.1, -0.05) is 36.4 Å². The van der Waals surface area contributed by atoms with Gasteiger partial charge in [0, 0.05) is 24.2 Å². The molecule has 0 radical (unpaired) electrons. The third-order valence-electron chi connectivity index (χ3n) is 3.42. The average Bonchev–Trinajstić information content (AvgIpc) is 2.49. The smallest absolute Gasteiger partial charge is 0.131 e. The van der Waals surface area contributed by atoms with Crippen molar-refractivity contribution in [3.8, 4) is 0 Å². The van der Waals surface area contributed by atoms with Crippen LogP contribution in [0.1, 0.15) is 17.2 Å². The van der Waals surface area contributed by atoms with Crippen LogP contribution in [0.15, 0.2) is 60.9 Å². The molecule has 100 valence electrons. The van der Waals surface area contributed by atoms with E-state index in [2.05, 4.69) is 4.98 Å². The van der Waals surface area contributed by atoms with Crippen LogP contribution in [0.3, 0.4) is 0 Å². The molecule has 1 atom stereocenters. The summed E-state index contributed by atoms with van der Waals surface area (Å²) in [7, 11) is 0. The minimum atomic E-state index is -0.676. The van der Waals surface area contributed by atoms with Gasteiger partial charge < -0.3 is 5.11 Å². The first-order valence-electron chi connectivity index (χ1n) is 6.50. The Morgan fingerprint density at radius 3 is 2.55 bits per heavy atom. The Kier molecular flexibility index (Phi) is 3.44. The number of hydrogen-bond acceptors (Lipinski definition) is 2. The van der Waals surface area contributed by atoms with Crippen molar-refractivity contribution in [2.24, 2.45) is 0 Å². The van der Waals surface area contributed by atoms with E-state index in [0.29, 0.717) is 11.8 Å². The van der Waals surface area contributed by atoms with Crippen molar-refractivity contribution in [3.63, 3.8) is 0 Å². The minimum Gasteiger partial charge on any atom is -0.388 e. The van der Waals surface area contributed by atoms with Crippen LogP contribution >= 0.6 is 0 Å². The summed E-state index contributed by atoms with van der Waals surface area (Å²) >= 11 is 0. The molecule has 3 aromatic rings. The molecule has 3 rings (SSSR count). The van der Waals surface area contributed by atoms with Crippen molar-refractivity contribution in [2.45, 2.75) is 12.5 Å². The maximum atomic E-state index is 13.8. The highest BCUT2D eigenvalue weighted by molar-refractivity contribution is 5.86. The summed E-state index contributed by atoms with van der Waals surface area (Å²) < 4.78 is 13.8. The maximum absolute atomic E-state index is 13.8. The standard InChI is InChI=1S/C17H14FNO/c18-16-8-7-15(13-5-1-2-6-14(13)16)17(20)10-12-4-3-9-19-11-12/h1-9,11,17,20H,10H2. The Balaban J connectivity index is 2.00. The first-order chi connectivity index (χ1) is 9.75. The average molecular weight is 267 g/mol. The van der Waals surface area contributed by atoms with Crippen LogP contribution in [-0.2, 0) is 6.42 Å². The first-order valence-corrected chi connectivity index (χ1v) is 6.50. The molecule has 0 saturated heterocycles. The summed E-state index contributed by atoms with van der Waals surface area (Å²) in [6, 6.07) is 14.0. The minimum absolute atomic E-state index is 0.266. The van der Waals surface area contributed by atoms with E-state index in [1.54, 1.807) is 30.6 Å². The van der Waals surface area contributed by atoms with Gasteiger partial charge in [-0.2, -0.15) is 0 Å². The molecule has 0 saturated carbocycles. The van der Waals surface area contributed by atoms with Gasteiger partial charge in [0.25, 0.3) is 0 Å². The number of rotatable bonds is 3. The van der Waals surface area contributed by atoms with E-state index in [1.165, 1.54) is 6.07 Å². The lowest BCUT2D eigenvalue weighted by atomic mass is 9.96. The fourth-order valence-electron chi connectivity index (χ4n) is 2.43. The molecule has 0 bridgehead atoms. The predicted molar refractivity (Wildman–Crippen MR) is 76.8 cm³/mol. The quantitative estimate of drug-likeness (QED) is 0.785. The second-order valence-electron chi connectivity index (χ2n) is 4.76. The number of aromatic nitrogens is 1. The van der Waals surface area contributed by atoms with Crippen LogP contribution in [0.25, 0.3) is 10.8 Å². The summed E-state index contributed by atoms with van der Waals surface area (Å²) in [6.07, 6.45) is 3.21. The largest absolute Gasteiger partial charge is 0.388 e. The third-order valence-corrected chi connectivity index (χ3v) is 3.42. The number of hydrogen-bond donors (Lipinski definition) is 1. The second kappa shape index (κ2) is 5.39. The third kappa shape index (κ3) is 2.40. The van der Waals surface area contributed by atoms with E-state index in [0.717, 1.165) is 16.5 Å². The molecule has 1 unspecified atom stereocenters. The molecule has 20 heavy (non-hydrogen) atoms. The molecule has 2 nitrogen and oxygen atoms in total. The number of pyridine rings is 1. The lowest BCUT2D eigenvalue weighted by Crippen LogP contribution is -2.03. The lowest BCUT2D eigenvalue weighted by molar-refractivity contribution is 0.180. The van der Waals surface area contributed by atoms with Crippen molar-refractivity contribution >= 4 is 10.8 Å². The molecule has 0 spiro atoms. The Morgan fingerprint density at radius 2 is 1.80 bits per heavy atom. The van der Waals surface area contributed by atoms with Crippen molar-refractivity contribution < 1.29 is 9.50 Å². The zero-order valence-electron chi connectivity index (χ0n) is 10.8. The summed E-state index contributed by atoms with van der Waals surface area (Å²) in [5.41, 5.74) is 1.69. The van der Waals surface area contributed by atoms with Crippen LogP contribution in [0.2, 0.25) is 0 Å². The van der Waals surface area contributed by atoms with Gasteiger partial charge in [-0.3, -0.25) is 4.98 Å². The van der Waals surface area contributed by atoms with E-state index >= 15 is 0 Å². The number of halogens is 1. The molecule has 1 aromatic heterocycles. The van der Waals surface area contributed by atoms with Gasteiger partial charge in [0.05, 0.1) is 6.10 Å². The van der Waals surface area contributed by atoms with Crippen LogP contribution in [0, 0.1) is 5.82 Å². The van der Waals surface area contributed by atoms with Gasteiger partial charge in [0.15, 0.2) is 0 Å². The topological polar surface area (TPSA) is 33.1 Å². The van der Waals surface area contributed by atoms with E-state index in [4.69, 9.17) is 0 Å². The number of benzene rings is 2.